The molecule has 2 heterocycles. The molecule has 8 nitrogen and oxygen atoms in total. The van der Waals surface area contributed by atoms with E-state index < -0.39 is 4.92 Å². The smallest absolute Gasteiger partial charge is 0.280 e. The number of hydrogen-bond acceptors (Lipinski definition) is 6. The van der Waals surface area contributed by atoms with Crippen molar-refractivity contribution in [2.75, 3.05) is 20.4 Å². The summed E-state index contributed by atoms with van der Waals surface area (Å²) in [6.45, 7) is 0.666. The summed E-state index contributed by atoms with van der Waals surface area (Å²) in [6.07, 6.45) is 6.79. The van der Waals surface area contributed by atoms with Crippen molar-refractivity contribution in [1.29, 1.82) is 0 Å². The van der Waals surface area contributed by atoms with Gasteiger partial charge in [-0.15, -0.1) is 0 Å². The highest BCUT2D eigenvalue weighted by Crippen LogP contribution is 2.38. The average Bonchev–Trinajstić information content (AvgIpc) is 3.10. The lowest BCUT2D eigenvalue weighted by molar-refractivity contribution is -0.385. The van der Waals surface area contributed by atoms with Crippen molar-refractivity contribution in [1.82, 2.24) is 4.90 Å². The number of rotatable bonds is 5. The van der Waals surface area contributed by atoms with Crippen molar-refractivity contribution in [3.05, 3.63) is 63.7 Å². The van der Waals surface area contributed by atoms with E-state index in [1.165, 1.54) is 24.3 Å². The molecule has 1 amide bonds. The largest absolute Gasteiger partial charge is 0.497 e. The van der Waals surface area contributed by atoms with Gasteiger partial charge in [-0.25, -0.2) is 0 Å². The monoisotopic (exact) mass is 424 g/mol. The zero-order valence-corrected chi connectivity index (χ0v) is 17.3. The van der Waals surface area contributed by atoms with Crippen LogP contribution >= 0.6 is 0 Å². The summed E-state index contributed by atoms with van der Waals surface area (Å²) in [5.74, 6) is 1.37. The number of carbonyl (C=O) groups excluding carboxylic acids is 1. The molecule has 4 rings (SSSR count). The Bertz CT molecular complexity index is 1000. The maximum absolute atomic E-state index is 13.1. The molecule has 1 unspecified atom stereocenters. The van der Waals surface area contributed by atoms with Crippen molar-refractivity contribution in [2.45, 2.75) is 31.7 Å². The highest BCUT2D eigenvalue weighted by molar-refractivity contribution is 5.93. The van der Waals surface area contributed by atoms with Gasteiger partial charge < -0.3 is 19.1 Å². The van der Waals surface area contributed by atoms with Crippen LogP contribution in [-0.2, 0) is 4.79 Å². The maximum Gasteiger partial charge on any atom is 0.280 e. The summed E-state index contributed by atoms with van der Waals surface area (Å²) in [4.78, 5) is 26.0. The molecule has 0 aromatic heterocycles. The first-order valence-corrected chi connectivity index (χ1v) is 10.3. The molecule has 2 aliphatic heterocycles. The number of likely N-dealkylation sites (tertiary alicyclic amines) is 1. The van der Waals surface area contributed by atoms with E-state index in [0.29, 0.717) is 23.6 Å². The summed E-state index contributed by atoms with van der Waals surface area (Å²) in [5.41, 5.74) is 1.23. The summed E-state index contributed by atoms with van der Waals surface area (Å²) in [7, 11) is 1.62. The van der Waals surface area contributed by atoms with Gasteiger partial charge in [-0.1, -0.05) is 25.0 Å². The molecular formula is C23H24N2O6. The second-order valence-electron chi connectivity index (χ2n) is 7.52. The molecule has 31 heavy (non-hydrogen) atoms. The molecule has 0 saturated carbocycles. The zero-order chi connectivity index (χ0) is 21.8. The Kier molecular flexibility index (Phi) is 6.06. The minimum atomic E-state index is -0.488. The molecule has 8 heteroatoms. The highest BCUT2D eigenvalue weighted by atomic mass is 16.7. The fourth-order valence-electron chi connectivity index (χ4n) is 4.04. The molecule has 0 bridgehead atoms. The third-order valence-electron chi connectivity index (χ3n) is 5.66. The van der Waals surface area contributed by atoms with Gasteiger partial charge in [-0.05, 0) is 42.7 Å². The molecule has 0 spiro atoms. The molecule has 1 atom stereocenters. The summed E-state index contributed by atoms with van der Waals surface area (Å²) >= 11 is 0. The molecule has 0 aliphatic carbocycles. The molecule has 0 radical (unpaired) electrons. The third-order valence-corrected chi connectivity index (χ3v) is 5.66. The molecule has 2 aliphatic rings. The van der Waals surface area contributed by atoms with Crippen molar-refractivity contribution in [3.63, 3.8) is 0 Å². The third kappa shape index (κ3) is 4.47. The Labute approximate surface area is 180 Å². The number of nitro groups is 1. The first-order valence-electron chi connectivity index (χ1n) is 10.3. The number of benzene rings is 2. The van der Waals surface area contributed by atoms with Crippen LogP contribution in [0.3, 0.4) is 0 Å². The Balaban J connectivity index is 1.59. The number of ether oxygens (including phenoxy) is 3. The Morgan fingerprint density at radius 2 is 1.90 bits per heavy atom. The van der Waals surface area contributed by atoms with Gasteiger partial charge in [-0.3, -0.25) is 14.9 Å². The number of amides is 1. The fourth-order valence-corrected chi connectivity index (χ4v) is 4.04. The quantitative estimate of drug-likeness (QED) is 0.399. The summed E-state index contributed by atoms with van der Waals surface area (Å²) < 4.78 is 15.8. The lowest BCUT2D eigenvalue weighted by Crippen LogP contribution is -2.33. The van der Waals surface area contributed by atoms with E-state index in [9.17, 15) is 14.9 Å². The van der Waals surface area contributed by atoms with Crippen molar-refractivity contribution in [2.24, 2.45) is 0 Å². The number of nitro benzene ring substituents is 1. The molecule has 2 aromatic carbocycles. The van der Waals surface area contributed by atoms with Gasteiger partial charge in [-0.2, -0.15) is 0 Å². The van der Waals surface area contributed by atoms with E-state index >= 15 is 0 Å². The molecule has 1 fully saturated rings. The maximum atomic E-state index is 13.1. The van der Waals surface area contributed by atoms with Gasteiger partial charge in [0.1, 0.15) is 5.75 Å². The summed E-state index contributed by atoms with van der Waals surface area (Å²) in [6, 6.07) is 10.6. The van der Waals surface area contributed by atoms with Gasteiger partial charge in [0.15, 0.2) is 11.5 Å². The standard InChI is InChI=1S/C23H24N2O6/c1-29-18-9-6-16(7-10-18)19-5-3-2-4-12-24(19)23(26)11-8-17-13-21-22(31-15-30-21)14-20(17)25(27)28/h6-11,13-14,19H,2-5,12,15H2,1H3. The SMILES string of the molecule is COc1ccc(C2CCCCCN2C(=O)C=Cc2cc3c(cc2[N+](=O)[O-])OCO3)cc1. The Morgan fingerprint density at radius 1 is 1.16 bits per heavy atom. The van der Waals surface area contributed by atoms with Crippen LogP contribution in [0, 0.1) is 10.1 Å². The van der Waals surface area contributed by atoms with Gasteiger partial charge >= 0.3 is 0 Å². The van der Waals surface area contributed by atoms with Gasteiger partial charge in [0.2, 0.25) is 12.7 Å². The average molecular weight is 424 g/mol. The summed E-state index contributed by atoms with van der Waals surface area (Å²) in [5, 5.41) is 11.5. The predicted molar refractivity (Wildman–Crippen MR) is 114 cm³/mol. The molecule has 2 aromatic rings. The number of nitrogens with zero attached hydrogens (tertiary/aromatic N) is 2. The van der Waals surface area contributed by atoms with Crippen LogP contribution in [0.15, 0.2) is 42.5 Å². The first kappa shape index (κ1) is 20.7. The second kappa shape index (κ2) is 9.07. The Hall–Kier alpha value is -3.55. The van der Waals surface area contributed by atoms with Crippen LogP contribution in [-0.4, -0.2) is 36.2 Å². The van der Waals surface area contributed by atoms with Crippen LogP contribution in [0.4, 0.5) is 5.69 Å². The normalized spacial score (nSPS) is 18.1. The van der Waals surface area contributed by atoms with Crippen molar-refractivity contribution in [3.8, 4) is 17.2 Å². The fraction of sp³-hybridized carbons (Fsp3) is 0.348. The first-order chi connectivity index (χ1) is 15.1. The number of fused-ring (bicyclic) bond motifs is 1. The second-order valence-corrected chi connectivity index (χ2v) is 7.52. The minimum absolute atomic E-state index is 0.0237. The molecular weight excluding hydrogens is 400 g/mol. The van der Waals surface area contributed by atoms with E-state index in [4.69, 9.17) is 14.2 Å². The van der Waals surface area contributed by atoms with Crippen LogP contribution in [0.5, 0.6) is 17.2 Å². The molecule has 1 saturated heterocycles. The van der Waals surface area contributed by atoms with Crippen molar-refractivity contribution >= 4 is 17.7 Å². The molecule has 162 valence electrons. The van der Waals surface area contributed by atoms with Gasteiger partial charge in [0, 0.05) is 12.6 Å². The van der Waals surface area contributed by atoms with Gasteiger partial charge in [0.25, 0.3) is 5.69 Å². The number of carbonyl (C=O) groups is 1. The van der Waals surface area contributed by atoms with E-state index in [-0.39, 0.29) is 24.4 Å². The Morgan fingerprint density at radius 3 is 2.61 bits per heavy atom. The highest BCUT2D eigenvalue weighted by Gasteiger charge is 2.26. The van der Waals surface area contributed by atoms with E-state index in [2.05, 4.69) is 0 Å². The predicted octanol–water partition coefficient (Wildman–Crippen LogP) is 4.49. The number of hydrogen-bond donors (Lipinski definition) is 0. The van der Waals surface area contributed by atoms with Crippen LogP contribution in [0.1, 0.15) is 42.9 Å². The van der Waals surface area contributed by atoms with Crippen molar-refractivity contribution < 1.29 is 23.9 Å². The van der Waals surface area contributed by atoms with E-state index in [1.54, 1.807) is 7.11 Å². The van der Waals surface area contributed by atoms with Crippen LogP contribution in [0.2, 0.25) is 0 Å². The van der Waals surface area contributed by atoms with Crippen LogP contribution in [0.25, 0.3) is 6.08 Å². The minimum Gasteiger partial charge on any atom is -0.497 e. The van der Waals surface area contributed by atoms with Crippen LogP contribution < -0.4 is 14.2 Å². The molecule has 0 N–H and O–H groups in total. The lowest BCUT2D eigenvalue weighted by Gasteiger charge is -2.29. The zero-order valence-electron chi connectivity index (χ0n) is 17.3. The van der Waals surface area contributed by atoms with Gasteiger partial charge in [0.05, 0.1) is 29.7 Å². The topological polar surface area (TPSA) is 91.1 Å². The van der Waals surface area contributed by atoms with E-state index in [0.717, 1.165) is 37.0 Å². The van der Waals surface area contributed by atoms with E-state index in [1.807, 2.05) is 29.2 Å². The number of methoxy groups -OCH3 is 1. The lowest BCUT2D eigenvalue weighted by atomic mass is 10.0.